The molecule has 1 aliphatic rings. The lowest BCUT2D eigenvalue weighted by Gasteiger charge is -2.28. The number of hydrogen-bond donors (Lipinski definition) is 2. The maximum Gasteiger partial charge on any atom is 0.0620 e. The molecule has 3 atom stereocenters. The average molecular weight is 276 g/mol. The summed E-state index contributed by atoms with van der Waals surface area (Å²) >= 11 is 0. The fraction of sp³-hybridized carbons (Fsp3) is 0.647. The van der Waals surface area contributed by atoms with Crippen LogP contribution in [0.3, 0.4) is 0 Å². The van der Waals surface area contributed by atoms with Crippen molar-refractivity contribution in [2.24, 2.45) is 0 Å². The van der Waals surface area contributed by atoms with Gasteiger partial charge in [-0.05, 0) is 45.2 Å². The van der Waals surface area contributed by atoms with Crippen molar-refractivity contribution in [3.05, 3.63) is 34.9 Å². The minimum absolute atomic E-state index is 0.384. The third-order valence-electron chi connectivity index (χ3n) is 4.07. The summed E-state index contributed by atoms with van der Waals surface area (Å²) in [6.07, 6.45) is 1.11. The van der Waals surface area contributed by atoms with Gasteiger partial charge in [0.05, 0.1) is 13.2 Å². The van der Waals surface area contributed by atoms with Crippen molar-refractivity contribution in [1.82, 2.24) is 10.6 Å². The SMILES string of the molecule is Cc1ccc(C)c(C(C)NC(C)CC2COCCN2)c1. The molecule has 1 heterocycles. The van der Waals surface area contributed by atoms with Crippen molar-refractivity contribution < 1.29 is 4.74 Å². The summed E-state index contributed by atoms with van der Waals surface area (Å²) in [5, 5.41) is 7.23. The maximum atomic E-state index is 5.52. The standard InChI is InChI=1S/C17H28N2O/c1-12-5-6-13(2)17(9-12)15(4)19-14(3)10-16-11-20-8-7-18-16/h5-6,9,14-16,18-19H,7-8,10-11H2,1-4H3. The monoisotopic (exact) mass is 276 g/mol. The summed E-state index contributed by atoms with van der Waals surface area (Å²) in [5.74, 6) is 0. The van der Waals surface area contributed by atoms with E-state index in [1.807, 2.05) is 0 Å². The Balaban J connectivity index is 1.89. The normalized spacial score (nSPS) is 22.5. The third kappa shape index (κ3) is 4.30. The van der Waals surface area contributed by atoms with Gasteiger partial charge in [0, 0.05) is 24.7 Å². The van der Waals surface area contributed by atoms with Gasteiger partial charge >= 0.3 is 0 Å². The summed E-state index contributed by atoms with van der Waals surface area (Å²) in [4.78, 5) is 0. The zero-order chi connectivity index (χ0) is 14.5. The molecule has 1 fully saturated rings. The van der Waals surface area contributed by atoms with Crippen molar-refractivity contribution in [2.45, 2.75) is 52.2 Å². The first kappa shape index (κ1) is 15.5. The summed E-state index contributed by atoms with van der Waals surface area (Å²) in [6.45, 7) is 11.5. The Hall–Kier alpha value is -0.900. The van der Waals surface area contributed by atoms with Crippen LogP contribution in [-0.4, -0.2) is 31.8 Å². The van der Waals surface area contributed by atoms with E-state index in [0.29, 0.717) is 18.1 Å². The average Bonchev–Trinajstić information content (AvgIpc) is 2.42. The van der Waals surface area contributed by atoms with Gasteiger partial charge < -0.3 is 15.4 Å². The van der Waals surface area contributed by atoms with Crippen molar-refractivity contribution in [2.75, 3.05) is 19.8 Å². The first-order valence-corrected chi connectivity index (χ1v) is 7.70. The minimum atomic E-state index is 0.384. The van der Waals surface area contributed by atoms with Gasteiger partial charge in [-0.15, -0.1) is 0 Å². The molecule has 0 saturated carbocycles. The third-order valence-corrected chi connectivity index (χ3v) is 4.07. The van der Waals surface area contributed by atoms with E-state index < -0.39 is 0 Å². The van der Waals surface area contributed by atoms with E-state index in [2.05, 4.69) is 56.5 Å². The summed E-state index contributed by atoms with van der Waals surface area (Å²) in [6, 6.07) is 8.03. The van der Waals surface area contributed by atoms with E-state index in [-0.39, 0.29) is 0 Å². The predicted octanol–water partition coefficient (Wildman–Crippen LogP) is 2.72. The maximum absolute atomic E-state index is 5.52. The Morgan fingerprint density at radius 2 is 2.15 bits per heavy atom. The number of morpholine rings is 1. The van der Waals surface area contributed by atoms with Gasteiger partial charge in [-0.3, -0.25) is 0 Å². The number of ether oxygens (including phenoxy) is 1. The van der Waals surface area contributed by atoms with Crippen LogP contribution in [0.25, 0.3) is 0 Å². The highest BCUT2D eigenvalue weighted by Gasteiger charge is 2.18. The Labute approximate surface area is 123 Å². The van der Waals surface area contributed by atoms with Gasteiger partial charge in [0.25, 0.3) is 0 Å². The molecule has 3 heteroatoms. The molecule has 0 radical (unpaired) electrons. The lowest BCUT2D eigenvalue weighted by atomic mass is 9.98. The van der Waals surface area contributed by atoms with Crippen LogP contribution in [0.4, 0.5) is 0 Å². The van der Waals surface area contributed by atoms with Crippen LogP contribution in [0.2, 0.25) is 0 Å². The van der Waals surface area contributed by atoms with Gasteiger partial charge in [0.15, 0.2) is 0 Å². The lowest BCUT2D eigenvalue weighted by Crippen LogP contribution is -2.45. The van der Waals surface area contributed by atoms with Crippen LogP contribution in [0, 0.1) is 13.8 Å². The molecule has 0 spiro atoms. The number of rotatable bonds is 5. The fourth-order valence-electron chi connectivity index (χ4n) is 3.01. The highest BCUT2D eigenvalue weighted by atomic mass is 16.5. The molecular formula is C17H28N2O. The molecule has 1 aromatic rings. The van der Waals surface area contributed by atoms with Gasteiger partial charge in [-0.2, -0.15) is 0 Å². The second kappa shape index (κ2) is 7.21. The van der Waals surface area contributed by atoms with Gasteiger partial charge in [-0.25, -0.2) is 0 Å². The van der Waals surface area contributed by atoms with Gasteiger partial charge in [-0.1, -0.05) is 23.8 Å². The number of aryl methyl sites for hydroxylation is 2. The van der Waals surface area contributed by atoms with Crippen LogP contribution in [-0.2, 0) is 4.74 Å². The molecule has 0 aliphatic carbocycles. The largest absolute Gasteiger partial charge is 0.379 e. The molecule has 2 rings (SSSR count). The molecule has 1 saturated heterocycles. The Kier molecular flexibility index (Phi) is 5.58. The van der Waals surface area contributed by atoms with Crippen molar-refractivity contribution >= 4 is 0 Å². The number of benzene rings is 1. The van der Waals surface area contributed by atoms with E-state index in [1.165, 1.54) is 16.7 Å². The minimum Gasteiger partial charge on any atom is -0.379 e. The van der Waals surface area contributed by atoms with E-state index in [0.717, 1.165) is 26.2 Å². The number of nitrogens with one attached hydrogen (secondary N) is 2. The second-order valence-corrected chi connectivity index (χ2v) is 6.11. The molecule has 1 aliphatic heterocycles. The molecule has 2 N–H and O–H groups in total. The van der Waals surface area contributed by atoms with Gasteiger partial charge in [0.1, 0.15) is 0 Å². The zero-order valence-electron chi connectivity index (χ0n) is 13.2. The smallest absolute Gasteiger partial charge is 0.0620 e. The Morgan fingerprint density at radius 1 is 1.35 bits per heavy atom. The van der Waals surface area contributed by atoms with E-state index in [1.54, 1.807) is 0 Å². The van der Waals surface area contributed by atoms with E-state index >= 15 is 0 Å². The lowest BCUT2D eigenvalue weighted by molar-refractivity contribution is 0.0708. The molecule has 1 aromatic carbocycles. The Bertz CT molecular complexity index is 427. The highest BCUT2D eigenvalue weighted by Crippen LogP contribution is 2.20. The van der Waals surface area contributed by atoms with Crippen molar-refractivity contribution in [1.29, 1.82) is 0 Å². The molecule has 3 unspecified atom stereocenters. The van der Waals surface area contributed by atoms with Crippen molar-refractivity contribution in [3.63, 3.8) is 0 Å². The summed E-state index contributed by atoms with van der Waals surface area (Å²) in [5.41, 5.74) is 4.10. The topological polar surface area (TPSA) is 33.3 Å². The molecule has 3 nitrogen and oxygen atoms in total. The molecule has 112 valence electrons. The number of hydrogen-bond acceptors (Lipinski definition) is 3. The quantitative estimate of drug-likeness (QED) is 0.867. The van der Waals surface area contributed by atoms with Crippen LogP contribution in [0.15, 0.2) is 18.2 Å². The first-order valence-electron chi connectivity index (χ1n) is 7.70. The van der Waals surface area contributed by atoms with E-state index in [9.17, 15) is 0 Å². The van der Waals surface area contributed by atoms with Crippen LogP contribution in [0.5, 0.6) is 0 Å². The van der Waals surface area contributed by atoms with Crippen LogP contribution in [0.1, 0.15) is 43.0 Å². The molecule has 20 heavy (non-hydrogen) atoms. The Morgan fingerprint density at radius 3 is 2.85 bits per heavy atom. The molecule has 0 amide bonds. The highest BCUT2D eigenvalue weighted by molar-refractivity contribution is 5.32. The van der Waals surface area contributed by atoms with Crippen LogP contribution < -0.4 is 10.6 Å². The molecule has 0 aromatic heterocycles. The van der Waals surface area contributed by atoms with E-state index in [4.69, 9.17) is 4.74 Å². The second-order valence-electron chi connectivity index (χ2n) is 6.11. The first-order chi connectivity index (χ1) is 9.56. The summed E-state index contributed by atoms with van der Waals surface area (Å²) < 4.78 is 5.52. The zero-order valence-corrected chi connectivity index (χ0v) is 13.2. The van der Waals surface area contributed by atoms with Crippen LogP contribution >= 0.6 is 0 Å². The predicted molar refractivity (Wildman–Crippen MR) is 84.2 cm³/mol. The fourth-order valence-corrected chi connectivity index (χ4v) is 3.01. The van der Waals surface area contributed by atoms with Gasteiger partial charge in [0.2, 0.25) is 0 Å². The molecule has 0 bridgehead atoms. The van der Waals surface area contributed by atoms with Crippen molar-refractivity contribution in [3.8, 4) is 0 Å². The summed E-state index contributed by atoms with van der Waals surface area (Å²) in [7, 11) is 0. The molecular weight excluding hydrogens is 248 g/mol.